The van der Waals surface area contributed by atoms with E-state index in [1.807, 2.05) is 48.6 Å². The Hall–Kier alpha value is -9.95. The number of hydrogen-bond acceptors (Lipinski definition) is 19. The molecule has 0 aromatic heterocycles. The van der Waals surface area contributed by atoms with Crippen LogP contribution in [0.2, 0.25) is 0 Å². The minimum absolute atomic E-state index is 0. The number of hydroxylamine groups is 6. The van der Waals surface area contributed by atoms with Gasteiger partial charge in [-0.05, 0) is 104 Å². The molecule has 9 rings (SSSR count). The summed E-state index contributed by atoms with van der Waals surface area (Å²) in [5.74, 6) is -7.68. The van der Waals surface area contributed by atoms with E-state index in [4.69, 9.17) is 14.5 Å². The van der Waals surface area contributed by atoms with Gasteiger partial charge in [-0.3, -0.25) is 52.7 Å². The minimum atomic E-state index is -0.928. The van der Waals surface area contributed by atoms with Crippen LogP contribution < -0.4 is 15.1 Å². The first-order chi connectivity index (χ1) is 38.2. The van der Waals surface area contributed by atoms with Gasteiger partial charge in [-0.1, -0.05) is 69.1 Å². The second-order valence-corrected chi connectivity index (χ2v) is 17.9. The van der Waals surface area contributed by atoms with Crippen LogP contribution in [-0.4, -0.2) is 109 Å². The molecule has 0 spiro atoms. The van der Waals surface area contributed by atoms with Crippen molar-refractivity contribution in [2.45, 2.75) is 87.5 Å². The fourth-order valence-corrected chi connectivity index (χ4v) is 7.45. The van der Waals surface area contributed by atoms with Gasteiger partial charge in [-0.2, -0.15) is 4.99 Å². The molecule has 25 nitrogen and oxygen atoms in total. The zero-order valence-electron chi connectivity index (χ0n) is 42.2. The van der Waals surface area contributed by atoms with E-state index in [1.54, 1.807) is 30.3 Å². The van der Waals surface area contributed by atoms with Crippen molar-refractivity contribution in [3.63, 3.8) is 0 Å². The Morgan fingerprint density at radius 1 is 0.530 bits per heavy atom. The SMILES string of the molecule is C.C.C.Cc1ccc(N=C=O)cc1C.O=C(CCc1ccc(N2C(=O)C=CC2=O)cc1)ON1C(=O)CCC1=O.O=C(CI)Nc1ccc(C(=O)ON2C(=O)CCC2=O)cc1.O=C(ON1C(=O)CCC1=O)c1cccc(N2C(=O)C=CC2=O)c1. The van der Waals surface area contributed by atoms with Crippen molar-refractivity contribution in [1.29, 1.82) is 0 Å². The largest absolute Gasteiger partial charge is 0.363 e. The number of rotatable bonds is 13. The molecule has 3 saturated heterocycles. The first-order valence-corrected chi connectivity index (χ1v) is 25.4. The maximum Gasteiger partial charge on any atom is 0.363 e. The van der Waals surface area contributed by atoms with Gasteiger partial charge < -0.3 is 19.8 Å². The van der Waals surface area contributed by atoms with E-state index in [0.29, 0.717) is 43.1 Å². The van der Waals surface area contributed by atoms with Gasteiger partial charge >= 0.3 is 17.9 Å². The van der Waals surface area contributed by atoms with E-state index in [-0.39, 0.29) is 89.9 Å². The highest BCUT2D eigenvalue weighted by Crippen LogP contribution is 2.24. The summed E-state index contributed by atoms with van der Waals surface area (Å²) in [6.07, 6.45) is 6.65. The van der Waals surface area contributed by atoms with Crippen LogP contribution >= 0.6 is 22.6 Å². The number of halogens is 1. The zero-order chi connectivity index (χ0) is 58.2. The molecule has 0 aliphatic carbocycles. The topological polar surface area (TPSA) is 324 Å². The van der Waals surface area contributed by atoms with Crippen molar-refractivity contribution in [3.8, 4) is 0 Å². The molecule has 0 bridgehead atoms. The first kappa shape index (κ1) is 67.3. The highest BCUT2D eigenvalue weighted by molar-refractivity contribution is 14.1. The van der Waals surface area contributed by atoms with Crippen LogP contribution in [0.3, 0.4) is 0 Å². The first-order valence-electron chi connectivity index (χ1n) is 23.8. The van der Waals surface area contributed by atoms with Gasteiger partial charge in [-0.25, -0.2) is 29.0 Å². The van der Waals surface area contributed by atoms with Gasteiger partial charge in [-0.15, -0.1) is 15.2 Å². The quantitative estimate of drug-likeness (QED) is 0.0494. The maximum atomic E-state index is 12.0. The third kappa shape index (κ3) is 18.0. The fraction of sp³-hybridized carbons (Fsp3) is 0.246. The predicted octanol–water partition coefficient (Wildman–Crippen LogP) is 6.45. The predicted molar refractivity (Wildman–Crippen MR) is 303 cm³/mol. The highest BCUT2D eigenvalue weighted by atomic mass is 127. The Balaban J connectivity index is 0.000000295. The molecule has 3 fully saturated rings. The van der Waals surface area contributed by atoms with Gasteiger partial charge in [0.2, 0.25) is 12.0 Å². The summed E-state index contributed by atoms with van der Waals surface area (Å²) in [7, 11) is 0. The average Bonchev–Trinajstić information content (AvgIpc) is 4.42. The summed E-state index contributed by atoms with van der Waals surface area (Å²) < 4.78 is 0.320. The van der Waals surface area contributed by atoms with E-state index < -0.39 is 77.0 Å². The average molecular weight is 1250 g/mol. The number of hydrogen-bond donors (Lipinski definition) is 1. The van der Waals surface area contributed by atoms with E-state index in [0.717, 1.165) is 33.1 Å². The molecule has 4 aromatic rings. The molecule has 0 atom stereocenters. The molecule has 11 amide bonds. The second kappa shape index (κ2) is 31.2. The van der Waals surface area contributed by atoms with Crippen LogP contribution in [0.15, 0.2) is 120 Å². The van der Waals surface area contributed by atoms with E-state index >= 15 is 0 Å². The molecule has 4 aromatic carbocycles. The number of imide groups is 5. The van der Waals surface area contributed by atoms with Gasteiger partial charge in [0.1, 0.15) is 0 Å². The monoisotopic (exact) mass is 1250 g/mol. The summed E-state index contributed by atoms with van der Waals surface area (Å²) in [6.45, 7) is 4.00. The van der Waals surface area contributed by atoms with Gasteiger partial charge in [0.05, 0.1) is 39.0 Å². The maximum absolute atomic E-state index is 12.0. The number of isocyanates is 1. The molecular weight excluding hydrogens is 1200 g/mol. The Morgan fingerprint density at radius 2 is 0.976 bits per heavy atom. The number of carbonyl (C=O) groups excluding carboxylic acids is 15. The minimum Gasteiger partial charge on any atom is -0.330 e. The molecule has 1 N–H and O–H groups in total. The number of benzene rings is 4. The summed E-state index contributed by atoms with van der Waals surface area (Å²) in [5, 5.41) is 4.07. The summed E-state index contributed by atoms with van der Waals surface area (Å²) in [4.78, 5) is 191. The molecule has 26 heteroatoms. The molecule has 83 heavy (non-hydrogen) atoms. The smallest absolute Gasteiger partial charge is 0.330 e. The van der Waals surface area contributed by atoms with Crippen LogP contribution in [-0.2, 0) is 83.3 Å². The normalized spacial score (nSPS) is 14.7. The van der Waals surface area contributed by atoms with Gasteiger partial charge in [0, 0.05) is 68.5 Å². The van der Waals surface area contributed by atoms with E-state index in [2.05, 4.69) is 10.3 Å². The fourth-order valence-electron chi connectivity index (χ4n) is 7.26. The lowest BCUT2D eigenvalue weighted by atomic mass is 10.1. The van der Waals surface area contributed by atoms with Gasteiger partial charge in [0.15, 0.2) is 0 Å². The lowest BCUT2D eigenvalue weighted by Gasteiger charge is -2.16. The third-order valence-electron chi connectivity index (χ3n) is 11.5. The van der Waals surface area contributed by atoms with Crippen LogP contribution in [0.25, 0.3) is 0 Å². The van der Waals surface area contributed by atoms with Crippen molar-refractivity contribution < 1.29 is 86.4 Å². The zero-order valence-corrected chi connectivity index (χ0v) is 44.4. The van der Waals surface area contributed by atoms with Crippen LogP contribution in [0.5, 0.6) is 0 Å². The Bertz CT molecular complexity index is 3270. The molecule has 5 heterocycles. The standard InChI is InChI=1S/C17H14N2O6.C15H10N2O6.C13H11IN2O5.C9H9NO.3CH4/c20-13-6-7-14(21)18(13)12-4-1-11(2-5-12)3-10-17(24)25-19-15(22)8-9-16(19)23;18-11-4-5-12(19)16(11)10-3-1-2-9(8-10)15(22)23-17-13(20)6-7-14(17)21;14-7-10(17)15-9-3-1-8(2-4-9)13(20)21-16-11(18)5-6-12(16)19;1-7-3-4-9(10-6-11)5-8(7)2;;;/h1-2,4-7H,3,8-10H2;1-5,8H,6-7H2;1-4H,5-7H2,(H,15,17);3-5H,1-2H3;3*1H4. The lowest BCUT2D eigenvalue weighted by molar-refractivity contribution is -0.197. The Kier molecular flexibility index (Phi) is 25.3. The summed E-state index contributed by atoms with van der Waals surface area (Å²) in [5.41, 5.74) is 5.16. The number of aliphatic imine (C=N–C) groups is 1. The Morgan fingerprint density at radius 3 is 1.42 bits per heavy atom. The summed E-state index contributed by atoms with van der Waals surface area (Å²) >= 11 is 1.93. The molecule has 0 saturated carbocycles. The van der Waals surface area contributed by atoms with E-state index in [1.165, 1.54) is 72.3 Å². The number of alkyl halides is 1. The molecular formula is C57H56IN7O18. The number of nitrogens with zero attached hydrogens (tertiary/aromatic N) is 6. The van der Waals surface area contributed by atoms with Crippen LogP contribution in [0.1, 0.15) is 105 Å². The van der Waals surface area contributed by atoms with E-state index in [9.17, 15) is 71.9 Å². The van der Waals surface area contributed by atoms with Crippen molar-refractivity contribution >= 4 is 134 Å². The highest BCUT2D eigenvalue weighted by Gasteiger charge is 2.36. The molecule has 0 radical (unpaired) electrons. The third-order valence-corrected chi connectivity index (χ3v) is 12.2. The van der Waals surface area contributed by atoms with Crippen LogP contribution in [0.4, 0.5) is 22.7 Å². The number of amides is 11. The van der Waals surface area contributed by atoms with Crippen molar-refractivity contribution in [2.24, 2.45) is 4.99 Å². The van der Waals surface area contributed by atoms with Crippen molar-refractivity contribution in [1.82, 2.24) is 15.2 Å². The number of anilines is 3. The van der Waals surface area contributed by atoms with Crippen LogP contribution in [0, 0.1) is 13.8 Å². The summed E-state index contributed by atoms with van der Waals surface area (Å²) in [6, 6.07) is 23.7. The molecule has 5 aliphatic heterocycles. The van der Waals surface area contributed by atoms with Crippen molar-refractivity contribution in [2.75, 3.05) is 19.5 Å². The van der Waals surface area contributed by atoms with Gasteiger partial charge in [0.25, 0.3) is 59.1 Å². The van der Waals surface area contributed by atoms with Crippen molar-refractivity contribution in [3.05, 3.63) is 143 Å². The second-order valence-electron chi connectivity index (χ2n) is 17.1. The molecule has 5 aliphatic rings. The number of carbonyl (C=O) groups is 14. The number of aryl methyl sites for hydroxylation is 3. The number of nitrogens with one attached hydrogen (secondary N) is 1. The molecule has 434 valence electrons. The Labute approximate surface area is 488 Å². The molecule has 0 unspecified atom stereocenters. The lowest BCUT2D eigenvalue weighted by Crippen LogP contribution is -2.32.